The van der Waals surface area contributed by atoms with E-state index in [9.17, 15) is 4.79 Å². The van der Waals surface area contributed by atoms with Crippen LogP contribution in [-0.4, -0.2) is 45.8 Å². The quantitative estimate of drug-likeness (QED) is 0.722. The van der Waals surface area contributed by atoms with Crippen molar-refractivity contribution in [1.29, 1.82) is 0 Å². The van der Waals surface area contributed by atoms with Gasteiger partial charge in [-0.1, -0.05) is 31.5 Å². The highest BCUT2D eigenvalue weighted by molar-refractivity contribution is 6.30. The van der Waals surface area contributed by atoms with Crippen LogP contribution in [0.1, 0.15) is 63.5 Å². The summed E-state index contributed by atoms with van der Waals surface area (Å²) in [6, 6.07) is 8.39. The van der Waals surface area contributed by atoms with Crippen molar-refractivity contribution in [3.8, 4) is 5.69 Å². The number of benzene rings is 1. The number of carbonyl (C=O) groups is 1. The predicted octanol–water partition coefficient (Wildman–Crippen LogP) is 4.50. The van der Waals surface area contributed by atoms with Gasteiger partial charge in [0.25, 0.3) is 5.91 Å². The Balaban J connectivity index is 2.17. The molecule has 1 N–H and O–H groups in total. The molecular weight excluding hydrogens is 360 g/mol. The molecule has 27 heavy (non-hydrogen) atoms. The third kappa shape index (κ3) is 5.33. The molecule has 1 aromatic carbocycles. The molecule has 0 aliphatic heterocycles. The number of nitrogens with one attached hydrogen (secondary N) is 1. The lowest BCUT2D eigenvalue weighted by Gasteiger charge is -2.30. The van der Waals surface area contributed by atoms with E-state index in [4.69, 9.17) is 11.6 Å². The van der Waals surface area contributed by atoms with Gasteiger partial charge in [0.15, 0.2) is 0 Å². The van der Waals surface area contributed by atoms with Crippen molar-refractivity contribution in [2.24, 2.45) is 0 Å². The van der Waals surface area contributed by atoms with E-state index in [1.165, 1.54) is 0 Å². The zero-order valence-corrected chi connectivity index (χ0v) is 17.9. The number of halogens is 1. The fourth-order valence-corrected chi connectivity index (χ4v) is 3.59. The maximum Gasteiger partial charge on any atom is 0.254 e. The first-order valence-electron chi connectivity index (χ1n) is 9.60. The lowest BCUT2D eigenvalue weighted by Crippen LogP contribution is -2.42. The monoisotopic (exact) mass is 390 g/mol. The summed E-state index contributed by atoms with van der Waals surface area (Å²) in [5.74, 6) is 0.0644. The number of hydrogen-bond acceptors (Lipinski definition) is 3. The molecule has 0 aliphatic carbocycles. The van der Waals surface area contributed by atoms with E-state index >= 15 is 0 Å². The molecule has 0 radical (unpaired) electrons. The van der Waals surface area contributed by atoms with Crippen molar-refractivity contribution in [2.75, 3.05) is 13.1 Å². The maximum absolute atomic E-state index is 12.8. The van der Waals surface area contributed by atoms with E-state index < -0.39 is 0 Å². The first kappa shape index (κ1) is 21.5. The molecule has 0 atom stereocenters. The molecule has 6 heteroatoms. The summed E-state index contributed by atoms with van der Waals surface area (Å²) in [6.07, 6.45) is 1.65. The molecule has 1 amide bonds. The van der Waals surface area contributed by atoms with Crippen molar-refractivity contribution >= 4 is 17.5 Å². The van der Waals surface area contributed by atoms with Gasteiger partial charge in [0, 0.05) is 30.2 Å². The van der Waals surface area contributed by atoms with Crippen molar-refractivity contribution < 1.29 is 4.79 Å². The van der Waals surface area contributed by atoms with Crippen molar-refractivity contribution in [3.05, 3.63) is 46.7 Å². The van der Waals surface area contributed by atoms with E-state index in [0.29, 0.717) is 29.2 Å². The molecule has 0 saturated heterocycles. The molecule has 0 saturated carbocycles. The van der Waals surface area contributed by atoms with Gasteiger partial charge >= 0.3 is 0 Å². The van der Waals surface area contributed by atoms with Gasteiger partial charge in [0.2, 0.25) is 0 Å². The molecule has 2 rings (SSSR count). The summed E-state index contributed by atoms with van der Waals surface area (Å²) in [5.41, 5.74) is 2.36. The van der Waals surface area contributed by atoms with Crippen LogP contribution in [0.15, 0.2) is 30.5 Å². The molecular formula is C21H31ClN4O. The second-order valence-corrected chi connectivity index (χ2v) is 8.11. The van der Waals surface area contributed by atoms with Crippen LogP contribution >= 0.6 is 11.6 Å². The molecule has 148 valence electrons. The van der Waals surface area contributed by atoms with Crippen molar-refractivity contribution in [2.45, 2.75) is 59.5 Å². The third-order valence-corrected chi connectivity index (χ3v) is 4.87. The highest BCUT2D eigenvalue weighted by atomic mass is 35.5. The van der Waals surface area contributed by atoms with E-state index in [-0.39, 0.29) is 11.8 Å². The first-order valence-corrected chi connectivity index (χ1v) is 9.98. The molecule has 1 heterocycles. The van der Waals surface area contributed by atoms with Crippen LogP contribution in [0.3, 0.4) is 0 Å². The van der Waals surface area contributed by atoms with Crippen molar-refractivity contribution in [3.63, 3.8) is 0 Å². The van der Waals surface area contributed by atoms with Crippen LogP contribution < -0.4 is 5.32 Å². The van der Waals surface area contributed by atoms with Crippen LogP contribution in [-0.2, 0) is 0 Å². The summed E-state index contributed by atoms with van der Waals surface area (Å²) >= 11 is 6.12. The van der Waals surface area contributed by atoms with Crippen LogP contribution in [0.5, 0.6) is 0 Å². The number of amides is 1. The second-order valence-electron chi connectivity index (χ2n) is 7.67. The van der Waals surface area contributed by atoms with Crippen LogP contribution in [0.2, 0.25) is 5.02 Å². The van der Waals surface area contributed by atoms with Gasteiger partial charge in [-0.15, -0.1) is 0 Å². The average molecular weight is 391 g/mol. The van der Waals surface area contributed by atoms with Gasteiger partial charge < -0.3 is 5.32 Å². The van der Waals surface area contributed by atoms with Gasteiger partial charge in [-0.25, -0.2) is 4.68 Å². The van der Waals surface area contributed by atoms with Gasteiger partial charge in [0.05, 0.1) is 23.1 Å². The smallest absolute Gasteiger partial charge is 0.254 e. The molecule has 5 nitrogen and oxygen atoms in total. The topological polar surface area (TPSA) is 50.2 Å². The number of nitrogens with zero attached hydrogens (tertiary/aromatic N) is 3. The molecule has 0 fully saturated rings. The number of rotatable bonds is 8. The van der Waals surface area contributed by atoms with Crippen LogP contribution in [0.25, 0.3) is 5.69 Å². The van der Waals surface area contributed by atoms with E-state index in [0.717, 1.165) is 17.9 Å². The second kappa shape index (κ2) is 9.38. The molecule has 0 unspecified atom stereocenters. The molecule has 0 bridgehead atoms. The minimum absolute atomic E-state index is 0.0839. The SMILES string of the molecule is CC(C)c1c(C(=O)NCCN(C(C)C)C(C)C)cnn1-c1cccc(Cl)c1. The minimum Gasteiger partial charge on any atom is -0.351 e. The van der Waals surface area contributed by atoms with Gasteiger partial charge in [-0.2, -0.15) is 5.10 Å². The zero-order chi connectivity index (χ0) is 20.1. The summed E-state index contributed by atoms with van der Waals surface area (Å²) in [5, 5.41) is 8.15. The Hall–Kier alpha value is -1.85. The molecule has 1 aromatic heterocycles. The summed E-state index contributed by atoms with van der Waals surface area (Å²) in [4.78, 5) is 15.2. The van der Waals surface area contributed by atoms with Crippen LogP contribution in [0, 0.1) is 0 Å². The molecule has 0 aliphatic rings. The van der Waals surface area contributed by atoms with E-state index in [1.807, 2.05) is 24.3 Å². The highest BCUT2D eigenvalue weighted by Crippen LogP contribution is 2.24. The lowest BCUT2D eigenvalue weighted by molar-refractivity contribution is 0.0938. The van der Waals surface area contributed by atoms with E-state index in [1.54, 1.807) is 10.9 Å². The molecule has 2 aromatic rings. The normalized spacial score (nSPS) is 11.8. The van der Waals surface area contributed by atoms with Crippen molar-refractivity contribution in [1.82, 2.24) is 20.0 Å². The number of carbonyl (C=O) groups excluding carboxylic acids is 1. The summed E-state index contributed by atoms with van der Waals surface area (Å²) in [6.45, 7) is 14.3. The Labute approximate surface area is 167 Å². The fourth-order valence-electron chi connectivity index (χ4n) is 3.41. The zero-order valence-electron chi connectivity index (χ0n) is 17.2. The Bertz CT molecular complexity index is 759. The Morgan fingerprint density at radius 3 is 2.41 bits per heavy atom. The third-order valence-electron chi connectivity index (χ3n) is 4.63. The first-order chi connectivity index (χ1) is 12.7. The Morgan fingerprint density at radius 2 is 1.85 bits per heavy atom. The number of hydrogen-bond donors (Lipinski definition) is 1. The predicted molar refractivity (Wildman–Crippen MR) is 112 cm³/mol. The maximum atomic E-state index is 12.8. The fraction of sp³-hybridized carbons (Fsp3) is 0.524. The van der Waals surface area contributed by atoms with E-state index in [2.05, 4.69) is 56.9 Å². The molecule has 0 spiro atoms. The Morgan fingerprint density at radius 1 is 1.19 bits per heavy atom. The average Bonchev–Trinajstić information content (AvgIpc) is 3.03. The standard InChI is InChI=1S/C21H31ClN4O/c1-14(2)20-19(13-24-26(20)18-9-7-8-17(22)12-18)21(27)23-10-11-25(15(3)4)16(5)6/h7-9,12-16H,10-11H2,1-6H3,(H,23,27). The van der Waals surface area contributed by atoms with Gasteiger partial charge in [-0.3, -0.25) is 9.69 Å². The summed E-state index contributed by atoms with van der Waals surface area (Å²) < 4.78 is 1.81. The Kier molecular flexibility index (Phi) is 7.45. The number of aromatic nitrogens is 2. The van der Waals surface area contributed by atoms with Gasteiger partial charge in [-0.05, 0) is 51.8 Å². The van der Waals surface area contributed by atoms with Crippen LogP contribution in [0.4, 0.5) is 0 Å². The minimum atomic E-state index is -0.0839. The summed E-state index contributed by atoms with van der Waals surface area (Å²) in [7, 11) is 0. The van der Waals surface area contributed by atoms with Gasteiger partial charge in [0.1, 0.15) is 0 Å². The lowest BCUT2D eigenvalue weighted by atomic mass is 10.0. The highest BCUT2D eigenvalue weighted by Gasteiger charge is 2.21. The largest absolute Gasteiger partial charge is 0.351 e.